The Morgan fingerprint density at radius 2 is 2.07 bits per heavy atom. The molecule has 1 aliphatic rings. The molecule has 0 bridgehead atoms. The van der Waals surface area contributed by atoms with Gasteiger partial charge in [0.1, 0.15) is 11.4 Å². The number of fused-ring (bicyclic) bond motifs is 1. The highest BCUT2D eigenvalue weighted by atomic mass is 19.1. The number of rotatable bonds is 5. The number of amides is 2. The molecule has 1 aromatic carbocycles. The third-order valence-electron chi connectivity index (χ3n) is 5.25. The summed E-state index contributed by atoms with van der Waals surface area (Å²) in [7, 11) is 1.34. The standard InChI is InChI=1S/C20H22FN3O4/c1-20(28-2,13-6-3-4-7-14(13)21)19(27)24-16-9-5-8-15-11(16)10-12(17(22)25)18(26)23-15/h3-4,6-7,10,16H,5,8-9H2,1-2H3,(H2,22,25)(H,23,26)(H,24,27)/t16-,20+/m1/s1. The molecule has 0 spiro atoms. The van der Waals surface area contributed by atoms with Gasteiger partial charge in [0.15, 0.2) is 5.60 Å². The highest BCUT2D eigenvalue weighted by Gasteiger charge is 2.39. The summed E-state index contributed by atoms with van der Waals surface area (Å²) in [6.07, 6.45) is 1.94. The summed E-state index contributed by atoms with van der Waals surface area (Å²) in [5.74, 6) is -1.91. The molecule has 8 heteroatoms. The molecule has 0 saturated heterocycles. The van der Waals surface area contributed by atoms with Crippen LogP contribution in [-0.2, 0) is 21.6 Å². The highest BCUT2D eigenvalue weighted by Crippen LogP contribution is 2.32. The van der Waals surface area contributed by atoms with Crippen LogP contribution in [0, 0.1) is 5.82 Å². The summed E-state index contributed by atoms with van der Waals surface area (Å²) in [4.78, 5) is 39.2. The number of nitrogens with one attached hydrogen (secondary N) is 2. The van der Waals surface area contributed by atoms with Crippen LogP contribution < -0.4 is 16.6 Å². The van der Waals surface area contributed by atoms with E-state index in [0.29, 0.717) is 24.1 Å². The van der Waals surface area contributed by atoms with Crippen molar-refractivity contribution in [2.45, 2.75) is 37.8 Å². The quantitative estimate of drug-likeness (QED) is 0.724. The van der Waals surface area contributed by atoms with Crippen LogP contribution in [0.1, 0.15) is 53.0 Å². The number of methoxy groups -OCH3 is 1. The Morgan fingerprint density at radius 3 is 2.71 bits per heavy atom. The van der Waals surface area contributed by atoms with Crippen molar-refractivity contribution in [2.75, 3.05) is 7.11 Å². The number of hydrogen-bond acceptors (Lipinski definition) is 4. The predicted molar refractivity (Wildman–Crippen MR) is 100 cm³/mol. The fourth-order valence-corrected chi connectivity index (χ4v) is 3.54. The van der Waals surface area contributed by atoms with Gasteiger partial charge in [0.05, 0.1) is 6.04 Å². The monoisotopic (exact) mass is 387 g/mol. The number of H-pyrrole nitrogens is 1. The molecule has 0 fully saturated rings. The molecule has 2 amide bonds. The van der Waals surface area contributed by atoms with Crippen LogP contribution in [0.3, 0.4) is 0 Å². The zero-order valence-electron chi connectivity index (χ0n) is 15.7. The van der Waals surface area contributed by atoms with Crippen LogP contribution in [0.5, 0.6) is 0 Å². The van der Waals surface area contributed by atoms with Gasteiger partial charge >= 0.3 is 0 Å². The minimum absolute atomic E-state index is 0.116. The van der Waals surface area contributed by atoms with Gasteiger partial charge in [0.25, 0.3) is 17.4 Å². The average molecular weight is 387 g/mol. The van der Waals surface area contributed by atoms with Crippen molar-refractivity contribution in [3.05, 3.63) is 68.9 Å². The lowest BCUT2D eigenvalue weighted by Crippen LogP contribution is -2.46. The first-order valence-electron chi connectivity index (χ1n) is 8.95. The van der Waals surface area contributed by atoms with E-state index in [9.17, 15) is 18.8 Å². The van der Waals surface area contributed by atoms with E-state index in [1.807, 2.05) is 0 Å². The SMILES string of the molecule is CO[C@](C)(C(=O)N[C@@H]1CCCc2[nH]c(=O)c(C(N)=O)cc21)c1ccccc1F. The van der Waals surface area contributed by atoms with E-state index >= 15 is 0 Å². The van der Waals surface area contributed by atoms with Crippen molar-refractivity contribution in [1.82, 2.24) is 10.3 Å². The number of carbonyl (C=O) groups excluding carboxylic acids is 2. The van der Waals surface area contributed by atoms with Crippen molar-refractivity contribution in [1.29, 1.82) is 0 Å². The highest BCUT2D eigenvalue weighted by molar-refractivity contribution is 5.92. The molecule has 0 unspecified atom stereocenters. The van der Waals surface area contributed by atoms with E-state index in [0.717, 1.165) is 6.42 Å². The maximum Gasteiger partial charge on any atom is 0.261 e. The summed E-state index contributed by atoms with van der Waals surface area (Å²) in [5.41, 5.74) is 4.40. The molecule has 28 heavy (non-hydrogen) atoms. The smallest absolute Gasteiger partial charge is 0.261 e. The van der Waals surface area contributed by atoms with Crippen molar-refractivity contribution in [3.8, 4) is 0 Å². The van der Waals surface area contributed by atoms with Gasteiger partial charge in [0.2, 0.25) is 0 Å². The van der Waals surface area contributed by atoms with Crippen LogP contribution >= 0.6 is 0 Å². The first kappa shape index (κ1) is 19.8. The molecule has 0 radical (unpaired) electrons. The maximum absolute atomic E-state index is 14.3. The molecular formula is C20H22FN3O4. The number of benzene rings is 1. The third-order valence-corrected chi connectivity index (χ3v) is 5.25. The Hall–Kier alpha value is -3.00. The molecule has 2 aromatic rings. The second kappa shape index (κ2) is 7.55. The van der Waals surface area contributed by atoms with Crippen molar-refractivity contribution < 1.29 is 18.7 Å². The van der Waals surface area contributed by atoms with Crippen molar-refractivity contribution in [2.24, 2.45) is 5.73 Å². The van der Waals surface area contributed by atoms with Crippen LogP contribution in [0.4, 0.5) is 4.39 Å². The number of ether oxygens (including phenoxy) is 1. The summed E-state index contributed by atoms with van der Waals surface area (Å²) in [5, 5.41) is 2.87. The normalized spacial score (nSPS) is 18.0. The minimum Gasteiger partial charge on any atom is -0.365 e. The number of pyridine rings is 1. The maximum atomic E-state index is 14.3. The Balaban J connectivity index is 1.95. The van der Waals surface area contributed by atoms with E-state index in [-0.39, 0.29) is 11.1 Å². The number of aryl methyl sites for hydroxylation is 1. The van der Waals surface area contributed by atoms with E-state index in [4.69, 9.17) is 10.5 Å². The molecule has 148 valence electrons. The number of primary amides is 1. The van der Waals surface area contributed by atoms with Gasteiger partial charge in [-0.1, -0.05) is 18.2 Å². The fourth-order valence-electron chi connectivity index (χ4n) is 3.54. The average Bonchev–Trinajstić information content (AvgIpc) is 2.67. The Bertz CT molecular complexity index is 988. The molecular weight excluding hydrogens is 365 g/mol. The first-order valence-corrected chi connectivity index (χ1v) is 8.95. The lowest BCUT2D eigenvalue weighted by atomic mass is 9.88. The Morgan fingerprint density at radius 1 is 1.36 bits per heavy atom. The van der Waals surface area contributed by atoms with Crippen LogP contribution in [-0.4, -0.2) is 23.9 Å². The van der Waals surface area contributed by atoms with Crippen LogP contribution in [0.25, 0.3) is 0 Å². The van der Waals surface area contributed by atoms with E-state index in [1.165, 1.54) is 38.3 Å². The van der Waals surface area contributed by atoms with E-state index in [1.54, 1.807) is 6.07 Å². The number of nitrogens with two attached hydrogens (primary N) is 1. The zero-order valence-corrected chi connectivity index (χ0v) is 15.7. The summed E-state index contributed by atoms with van der Waals surface area (Å²) < 4.78 is 19.7. The molecule has 1 heterocycles. The molecule has 0 saturated carbocycles. The topological polar surface area (TPSA) is 114 Å². The van der Waals surface area contributed by atoms with Gasteiger partial charge in [-0.25, -0.2) is 4.39 Å². The first-order chi connectivity index (χ1) is 13.3. The lowest BCUT2D eigenvalue weighted by Gasteiger charge is -2.32. The third kappa shape index (κ3) is 3.43. The van der Waals surface area contributed by atoms with Gasteiger partial charge in [0, 0.05) is 18.4 Å². The van der Waals surface area contributed by atoms with Gasteiger partial charge in [-0.05, 0) is 43.9 Å². The lowest BCUT2D eigenvalue weighted by molar-refractivity contribution is -0.144. The number of halogens is 1. The van der Waals surface area contributed by atoms with E-state index in [2.05, 4.69) is 10.3 Å². The largest absolute Gasteiger partial charge is 0.365 e. The zero-order chi connectivity index (χ0) is 20.5. The van der Waals surface area contributed by atoms with Gasteiger partial charge in [-0.2, -0.15) is 0 Å². The van der Waals surface area contributed by atoms with Crippen LogP contribution in [0.15, 0.2) is 35.1 Å². The molecule has 0 aliphatic heterocycles. The Kier molecular flexibility index (Phi) is 5.33. The molecule has 1 aromatic heterocycles. The second-order valence-corrected chi connectivity index (χ2v) is 6.95. The molecule has 2 atom stereocenters. The Labute approximate surface area is 161 Å². The van der Waals surface area contributed by atoms with Gasteiger partial charge < -0.3 is 20.8 Å². The summed E-state index contributed by atoms with van der Waals surface area (Å²) >= 11 is 0. The van der Waals surface area contributed by atoms with Gasteiger partial charge in [-0.3, -0.25) is 14.4 Å². The minimum atomic E-state index is -1.54. The predicted octanol–water partition coefficient (Wildman–Crippen LogP) is 1.67. The van der Waals surface area contributed by atoms with Crippen molar-refractivity contribution >= 4 is 11.8 Å². The van der Waals surface area contributed by atoms with Gasteiger partial charge in [-0.15, -0.1) is 0 Å². The van der Waals surface area contributed by atoms with E-state index < -0.39 is 34.8 Å². The number of aromatic amines is 1. The molecule has 4 N–H and O–H groups in total. The summed E-state index contributed by atoms with van der Waals surface area (Å²) in [6.45, 7) is 1.49. The molecule has 7 nitrogen and oxygen atoms in total. The molecule has 3 rings (SSSR count). The number of carbonyl (C=O) groups is 2. The van der Waals surface area contributed by atoms with Crippen molar-refractivity contribution in [3.63, 3.8) is 0 Å². The molecule has 1 aliphatic carbocycles. The summed E-state index contributed by atoms with van der Waals surface area (Å²) in [6, 6.07) is 6.88. The number of hydrogen-bond donors (Lipinski definition) is 3. The fraction of sp³-hybridized carbons (Fsp3) is 0.350. The second-order valence-electron chi connectivity index (χ2n) is 6.95. The van der Waals surface area contributed by atoms with Crippen LogP contribution in [0.2, 0.25) is 0 Å². The number of aromatic nitrogens is 1.